The second-order valence-electron chi connectivity index (χ2n) is 11.8. The summed E-state index contributed by atoms with van der Waals surface area (Å²) in [6.07, 6.45) is 6.28. The van der Waals surface area contributed by atoms with Gasteiger partial charge in [0, 0.05) is 43.9 Å². The minimum Gasteiger partial charge on any atom is -0.465 e. The molecule has 2 aliphatic heterocycles. The highest BCUT2D eigenvalue weighted by molar-refractivity contribution is 6.16. The maximum atomic E-state index is 14.5. The molecule has 3 aliphatic rings. The van der Waals surface area contributed by atoms with Gasteiger partial charge in [-0.05, 0) is 55.2 Å². The first-order chi connectivity index (χ1) is 21.9. The Morgan fingerprint density at radius 1 is 0.889 bits per heavy atom. The van der Waals surface area contributed by atoms with Crippen molar-refractivity contribution in [3.05, 3.63) is 84.0 Å². The van der Waals surface area contributed by atoms with Crippen molar-refractivity contribution in [2.45, 2.75) is 45.4 Å². The van der Waals surface area contributed by atoms with Crippen molar-refractivity contribution >= 4 is 40.4 Å². The van der Waals surface area contributed by atoms with E-state index in [1.807, 2.05) is 36.4 Å². The summed E-state index contributed by atoms with van der Waals surface area (Å²) in [6.45, 7) is 2.99. The van der Waals surface area contributed by atoms with Crippen molar-refractivity contribution in [2.24, 2.45) is 11.3 Å². The van der Waals surface area contributed by atoms with Gasteiger partial charge in [0.05, 0.1) is 18.8 Å². The Morgan fingerprint density at radius 3 is 2.40 bits per heavy atom. The Balaban J connectivity index is 1.33. The number of allylic oxidation sites excluding steroid dienone is 1. The third kappa shape index (κ3) is 5.43. The fraction of sp³-hybridized carbons (Fsp3) is 0.400. The van der Waals surface area contributed by atoms with Crippen LogP contribution in [-0.4, -0.2) is 77.1 Å². The number of carbonyl (C=O) groups excluding carboxylic acids is 5. The summed E-state index contributed by atoms with van der Waals surface area (Å²) in [5.41, 5.74) is -0.776. The number of furan rings is 1. The van der Waals surface area contributed by atoms with Gasteiger partial charge in [-0.1, -0.05) is 55.3 Å². The smallest absolute Gasteiger partial charge is 0.318 e. The molecule has 3 heterocycles. The van der Waals surface area contributed by atoms with Gasteiger partial charge < -0.3 is 19.0 Å². The average Bonchev–Trinajstić information content (AvgIpc) is 3.66. The first kappa shape index (κ1) is 30.3. The fourth-order valence-corrected chi connectivity index (χ4v) is 7.03. The molecule has 2 saturated heterocycles. The molecule has 2 atom stereocenters. The van der Waals surface area contributed by atoms with Crippen molar-refractivity contribution in [2.75, 3.05) is 32.8 Å². The third-order valence-electron chi connectivity index (χ3n) is 9.32. The normalized spacial score (nSPS) is 22.0. The Kier molecular flexibility index (Phi) is 8.56. The number of likely N-dealkylation sites (tertiary alicyclic amines) is 1. The molecule has 0 unspecified atom stereocenters. The fourth-order valence-electron chi connectivity index (χ4n) is 7.03. The van der Waals surface area contributed by atoms with E-state index in [-0.39, 0.29) is 43.7 Å². The van der Waals surface area contributed by atoms with E-state index in [1.165, 1.54) is 6.26 Å². The van der Waals surface area contributed by atoms with E-state index in [4.69, 9.17) is 9.15 Å². The molecular formula is C35H37N3O7. The molecule has 6 rings (SSSR count). The maximum Gasteiger partial charge on any atom is 0.318 e. The lowest BCUT2D eigenvalue weighted by atomic mass is 9.69. The summed E-state index contributed by atoms with van der Waals surface area (Å²) >= 11 is 0. The van der Waals surface area contributed by atoms with Crippen molar-refractivity contribution in [1.82, 2.24) is 14.7 Å². The number of fused-ring (bicyclic) bond motifs is 2. The van der Waals surface area contributed by atoms with Crippen molar-refractivity contribution in [3.63, 3.8) is 0 Å². The standard InChI is InChI=1S/C35H37N3O7/c1-2-44-34(43)35-17-8-4-3-5-16-29(35)38(31(40)26-14-9-12-24-11-6-7-13-25(24)26)32(41)27(35)23-30(39)36-18-20-37(21-19-36)33(42)28-15-10-22-45-28/h6-7,9-16,22,27H,2-5,8,17-21,23H2,1H3/t27-,35-/m1/s1. The van der Waals surface area contributed by atoms with E-state index < -0.39 is 29.1 Å². The molecule has 0 radical (unpaired) electrons. The van der Waals surface area contributed by atoms with Gasteiger partial charge in [0.2, 0.25) is 11.8 Å². The lowest BCUT2D eigenvalue weighted by molar-refractivity contribution is -0.158. The summed E-state index contributed by atoms with van der Waals surface area (Å²) in [5.74, 6) is -3.07. The van der Waals surface area contributed by atoms with Gasteiger partial charge in [-0.2, -0.15) is 0 Å². The molecule has 234 valence electrons. The summed E-state index contributed by atoms with van der Waals surface area (Å²) in [7, 11) is 0. The zero-order chi connectivity index (χ0) is 31.6. The topological polar surface area (TPSA) is 117 Å². The van der Waals surface area contributed by atoms with Crippen LogP contribution in [-0.2, 0) is 19.1 Å². The number of esters is 1. The van der Waals surface area contributed by atoms with Crippen LogP contribution < -0.4 is 0 Å². The number of hydrogen-bond acceptors (Lipinski definition) is 7. The molecule has 1 aromatic heterocycles. The predicted octanol–water partition coefficient (Wildman–Crippen LogP) is 4.80. The highest BCUT2D eigenvalue weighted by Gasteiger charge is 2.63. The van der Waals surface area contributed by atoms with E-state index in [2.05, 4.69) is 0 Å². The van der Waals surface area contributed by atoms with Crippen LogP contribution in [0.2, 0.25) is 0 Å². The van der Waals surface area contributed by atoms with Crippen LogP contribution in [0.1, 0.15) is 66.4 Å². The molecule has 0 saturated carbocycles. The van der Waals surface area contributed by atoms with Crippen LogP contribution in [0.3, 0.4) is 0 Å². The Bertz CT molecular complexity index is 1650. The van der Waals surface area contributed by atoms with E-state index >= 15 is 0 Å². The van der Waals surface area contributed by atoms with Gasteiger partial charge in [0.25, 0.3) is 11.8 Å². The number of imide groups is 1. The zero-order valence-corrected chi connectivity index (χ0v) is 25.4. The minimum atomic E-state index is -1.46. The molecule has 1 aliphatic carbocycles. The number of ether oxygens (including phenoxy) is 1. The van der Waals surface area contributed by atoms with Gasteiger partial charge in [0.15, 0.2) is 5.76 Å². The first-order valence-corrected chi connectivity index (χ1v) is 15.7. The van der Waals surface area contributed by atoms with Gasteiger partial charge >= 0.3 is 5.97 Å². The van der Waals surface area contributed by atoms with Gasteiger partial charge in [-0.25, -0.2) is 4.90 Å². The number of rotatable bonds is 6. The zero-order valence-electron chi connectivity index (χ0n) is 25.4. The molecular weight excluding hydrogens is 574 g/mol. The molecule has 2 aromatic carbocycles. The second-order valence-corrected chi connectivity index (χ2v) is 11.8. The minimum absolute atomic E-state index is 0.103. The second kappa shape index (κ2) is 12.7. The molecule has 45 heavy (non-hydrogen) atoms. The molecule has 0 spiro atoms. The summed E-state index contributed by atoms with van der Waals surface area (Å²) in [6, 6.07) is 16.1. The van der Waals surface area contributed by atoms with Crippen molar-refractivity contribution < 1.29 is 33.1 Å². The van der Waals surface area contributed by atoms with Crippen LogP contribution in [0.25, 0.3) is 10.8 Å². The number of hydrogen-bond donors (Lipinski definition) is 0. The van der Waals surface area contributed by atoms with Crippen LogP contribution in [0.5, 0.6) is 0 Å². The predicted molar refractivity (Wildman–Crippen MR) is 165 cm³/mol. The molecule has 10 nitrogen and oxygen atoms in total. The van der Waals surface area contributed by atoms with E-state index in [0.29, 0.717) is 49.0 Å². The molecule has 0 bridgehead atoms. The Hall–Kier alpha value is -4.73. The van der Waals surface area contributed by atoms with Crippen molar-refractivity contribution in [1.29, 1.82) is 0 Å². The summed E-state index contributed by atoms with van der Waals surface area (Å²) < 4.78 is 10.9. The van der Waals surface area contributed by atoms with Crippen LogP contribution in [0.15, 0.2) is 77.1 Å². The summed E-state index contributed by atoms with van der Waals surface area (Å²) in [5, 5.41) is 1.56. The highest BCUT2D eigenvalue weighted by Crippen LogP contribution is 2.53. The number of nitrogens with zero attached hydrogens (tertiary/aromatic N) is 3. The first-order valence-electron chi connectivity index (χ1n) is 15.7. The molecule has 10 heteroatoms. The lowest BCUT2D eigenvalue weighted by Gasteiger charge is -2.37. The van der Waals surface area contributed by atoms with Crippen molar-refractivity contribution in [3.8, 4) is 0 Å². The lowest BCUT2D eigenvalue weighted by Crippen LogP contribution is -2.51. The summed E-state index contributed by atoms with van der Waals surface area (Å²) in [4.78, 5) is 73.8. The molecule has 4 amide bonds. The molecule has 3 aromatic rings. The van der Waals surface area contributed by atoms with E-state index in [0.717, 1.165) is 23.1 Å². The third-order valence-corrected chi connectivity index (χ3v) is 9.32. The number of carbonyl (C=O) groups is 5. The average molecular weight is 612 g/mol. The van der Waals surface area contributed by atoms with Gasteiger partial charge in [-0.3, -0.25) is 24.0 Å². The Labute approximate surface area is 261 Å². The van der Waals surface area contributed by atoms with E-state index in [9.17, 15) is 24.0 Å². The largest absolute Gasteiger partial charge is 0.465 e. The van der Waals surface area contributed by atoms with Crippen LogP contribution in [0, 0.1) is 11.3 Å². The highest BCUT2D eigenvalue weighted by atomic mass is 16.5. The van der Waals surface area contributed by atoms with Gasteiger partial charge in [0.1, 0.15) is 5.41 Å². The van der Waals surface area contributed by atoms with Gasteiger partial charge in [-0.15, -0.1) is 0 Å². The monoisotopic (exact) mass is 611 g/mol. The molecule has 2 fully saturated rings. The SMILES string of the molecule is CCOC(=O)[C@@]12CCCCCC=C1N(C(=O)c1cccc3ccccc13)C(=O)[C@H]2CC(=O)N1CCN(C(=O)c2ccco2)CC1. The quantitative estimate of drug-likeness (QED) is 0.290. The number of piperazine rings is 1. The Morgan fingerprint density at radius 2 is 1.64 bits per heavy atom. The van der Waals surface area contributed by atoms with Crippen LogP contribution in [0.4, 0.5) is 0 Å². The number of benzene rings is 2. The van der Waals surface area contributed by atoms with E-state index in [1.54, 1.807) is 41.0 Å². The maximum absolute atomic E-state index is 14.5. The molecule has 0 N–H and O–H groups in total. The van der Waals surface area contributed by atoms with Crippen LogP contribution >= 0.6 is 0 Å². The number of amides is 4.